The normalized spacial score (nSPS) is 10.7. The van der Waals surface area contributed by atoms with Gasteiger partial charge in [0.2, 0.25) is 0 Å². The zero-order chi connectivity index (χ0) is 17.1. The zero-order valence-corrected chi connectivity index (χ0v) is 12.8. The summed E-state index contributed by atoms with van der Waals surface area (Å²) in [7, 11) is 0. The second kappa shape index (κ2) is 6.58. The molecule has 5 heteroatoms. The molecule has 122 valence electrons. The molecule has 0 bridgehead atoms. The van der Waals surface area contributed by atoms with Crippen LogP contribution in [0.2, 0.25) is 0 Å². The molecule has 3 rings (SSSR count). The van der Waals surface area contributed by atoms with Crippen LogP contribution < -0.4 is 5.11 Å². The quantitative estimate of drug-likeness (QED) is 0.785. The Labute approximate surface area is 138 Å². The summed E-state index contributed by atoms with van der Waals surface area (Å²) >= 11 is 0. The van der Waals surface area contributed by atoms with E-state index < -0.39 is 5.97 Å². The van der Waals surface area contributed by atoms with Gasteiger partial charge in [0.1, 0.15) is 11.6 Å². The molecule has 1 N–H and O–H groups in total. The van der Waals surface area contributed by atoms with E-state index in [4.69, 9.17) is 0 Å². The number of rotatable bonds is 5. The lowest BCUT2D eigenvalue weighted by Gasteiger charge is -2.14. The van der Waals surface area contributed by atoms with Gasteiger partial charge in [0.15, 0.2) is 0 Å². The van der Waals surface area contributed by atoms with Crippen molar-refractivity contribution >= 4 is 5.97 Å². The standard InChI is InChI=1S/C19H16FNO3/c20-14-3-1-13(2-4-14)18-11-7-16(8-12-19(23)24)21(18)15-5-9-17(22)10-6-15/h1-7,9-11,22H,8,12H2,(H,23,24)/p-1. The number of carboxylic acids is 1. The van der Waals surface area contributed by atoms with Crippen LogP contribution in [0, 0.1) is 5.82 Å². The van der Waals surface area contributed by atoms with Crippen LogP contribution >= 0.6 is 0 Å². The maximum atomic E-state index is 13.2. The Morgan fingerprint density at radius 2 is 1.67 bits per heavy atom. The molecule has 0 aliphatic carbocycles. The van der Waals surface area contributed by atoms with Crippen LogP contribution in [0.5, 0.6) is 5.75 Å². The predicted octanol–water partition coefficient (Wildman–Crippen LogP) is 2.67. The topological polar surface area (TPSA) is 65.3 Å². The summed E-state index contributed by atoms with van der Waals surface area (Å²) in [6.45, 7) is 0. The van der Waals surface area contributed by atoms with E-state index >= 15 is 0 Å². The Balaban J connectivity index is 2.09. The molecular weight excluding hydrogens is 309 g/mol. The monoisotopic (exact) mass is 324 g/mol. The molecule has 0 amide bonds. The number of aryl methyl sites for hydroxylation is 1. The van der Waals surface area contributed by atoms with E-state index in [1.54, 1.807) is 36.4 Å². The van der Waals surface area contributed by atoms with Gasteiger partial charge in [0, 0.05) is 17.4 Å². The summed E-state index contributed by atoms with van der Waals surface area (Å²) in [5, 5.41) is 20.3. The maximum Gasteiger partial charge on any atom is 0.123 e. The van der Waals surface area contributed by atoms with Gasteiger partial charge in [-0.3, -0.25) is 0 Å². The van der Waals surface area contributed by atoms with Crippen LogP contribution in [-0.4, -0.2) is 15.6 Å². The number of phenolic OH excluding ortho intramolecular Hbond substituents is 1. The average molecular weight is 324 g/mol. The average Bonchev–Trinajstić information content (AvgIpc) is 2.98. The Bertz CT molecular complexity index is 851. The first-order valence-electron chi connectivity index (χ1n) is 7.50. The minimum Gasteiger partial charge on any atom is -0.550 e. The number of benzene rings is 2. The van der Waals surface area contributed by atoms with Gasteiger partial charge in [0.05, 0.1) is 5.69 Å². The van der Waals surface area contributed by atoms with Gasteiger partial charge in [-0.05, 0) is 79.1 Å². The van der Waals surface area contributed by atoms with Crippen molar-refractivity contribution in [3.8, 4) is 22.7 Å². The third-order valence-corrected chi connectivity index (χ3v) is 3.79. The van der Waals surface area contributed by atoms with Gasteiger partial charge in [0.25, 0.3) is 0 Å². The third kappa shape index (κ3) is 3.30. The Kier molecular flexibility index (Phi) is 4.33. The number of carbonyl (C=O) groups excluding carboxylic acids is 1. The summed E-state index contributed by atoms with van der Waals surface area (Å²) in [5.74, 6) is -1.29. The number of hydrogen-bond donors (Lipinski definition) is 1. The number of aliphatic carboxylic acids is 1. The van der Waals surface area contributed by atoms with Gasteiger partial charge >= 0.3 is 0 Å². The summed E-state index contributed by atoms with van der Waals surface area (Å²) in [5.41, 5.74) is 3.20. The SMILES string of the molecule is O=C([O-])CCc1ccc(-c2ccc(F)cc2)n1-c1ccc(O)cc1. The van der Waals surface area contributed by atoms with Crippen molar-refractivity contribution in [2.24, 2.45) is 0 Å². The van der Waals surface area contributed by atoms with Gasteiger partial charge in [-0.25, -0.2) is 4.39 Å². The Morgan fingerprint density at radius 3 is 2.29 bits per heavy atom. The van der Waals surface area contributed by atoms with Crippen LogP contribution in [0.25, 0.3) is 16.9 Å². The fourth-order valence-electron chi connectivity index (χ4n) is 2.66. The van der Waals surface area contributed by atoms with Crippen molar-refractivity contribution in [2.45, 2.75) is 12.8 Å². The van der Waals surface area contributed by atoms with Crippen molar-refractivity contribution in [3.63, 3.8) is 0 Å². The smallest absolute Gasteiger partial charge is 0.123 e. The highest BCUT2D eigenvalue weighted by Gasteiger charge is 2.12. The second-order valence-corrected chi connectivity index (χ2v) is 5.44. The molecule has 4 nitrogen and oxygen atoms in total. The summed E-state index contributed by atoms with van der Waals surface area (Å²) in [6.07, 6.45) is 0.218. The molecule has 0 atom stereocenters. The molecule has 3 aromatic rings. The largest absolute Gasteiger partial charge is 0.550 e. The van der Waals surface area contributed by atoms with Crippen molar-refractivity contribution in [2.75, 3.05) is 0 Å². The highest BCUT2D eigenvalue weighted by molar-refractivity contribution is 5.66. The molecule has 0 radical (unpaired) electrons. The number of hydrogen-bond acceptors (Lipinski definition) is 3. The maximum absolute atomic E-state index is 13.2. The molecule has 0 fully saturated rings. The fraction of sp³-hybridized carbons (Fsp3) is 0.105. The molecule has 0 saturated heterocycles. The van der Waals surface area contributed by atoms with Gasteiger partial charge in [-0.2, -0.15) is 0 Å². The molecule has 1 aromatic heterocycles. The molecule has 0 aliphatic heterocycles. The lowest BCUT2D eigenvalue weighted by molar-refractivity contribution is -0.305. The van der Waals surface area contributed by atoms with Gasteiger partial charge in [-0.1, -0.05) is 0 Å². The first kappa shape index (κ1) is 15.8. The van der Waals surface area contributed by atoms with Gasteiger partial charge < -0.3 is 19.6 Å². The summed E-state index contributed by atoms with van der Waals surface area (Å²) < 4.78 is 15.1. The molecule has 0 aliphatic rings. The number of aromatic nitrogens is 1. The van der Waals surface area contributed by atoms with Crippen molar-refractivity contribution < 1.29 is 19.4 Å². The van der Waals surface area contributed by atoms with Gasteiger partial charge in [-0.15, -0.1) is 0 Å². The molecule has 0 saturated carbocycles. The number of nitrogens with zero attached hydrogens (tertiary/aromatic N) is 1. The van der Waals surface area contributed by atoms with Crippen LogP contribution in [0.1, 0.15) is 12.1 Å². The minimum absolute atomic E-state index is 0.0923. The van der Waals surface area contributed by atoms with Crippen molar-refractivity contribution in [1.29, 1.82) is 0 Å². The lowest BCUT2D eigenvalue weighted by atomic mass is 10.1. The van der Waals surface area contributed by atoms with Crippen LogP contribution in [-0.2, 0) is 11.2 Å². The third-order valence-electron chi connectivity index (χ3n) is 3.79. The van der Waals surface area contributed by atoms with Crippen LogP contribution in [0.3, 0.4) is 0 Å². The predicted molar refractivity (Wildman–Crippen MR) is 86.2 cm³/mol. The van der Waals surface area contributed by atoms with E-state index in [2.05, 4.69) is 0 Å². The number of carbonyl (C=O) groups is 1. The molecule has 2 aromatic carbocycles. The van der Waals surface area contributed by atoms with E-state index in [0.717, 1.165) is 22.6 Å². The number of aromatic hydroxyl groups is 1. The Hall–Kier alpha value is -3.08. The summed E-state index contributed by atoms with van der Waals surface area (Å²) in [4.78, 5) is 10.8. The lowest BCUT2D eigenvalue weighted by Crippen LogP contribution is -2.22. The molecular formula is C19H15FNO3-. The zero-order valence-electron chi connectivity index (χ0n) is 12.8. The molecule has 0 spiro atoms. The summed E-state index contributed by atoms with van der Waals surface area (Å²) in [6, 6.07) is 16.4. The first-order chi connectivity index (χ1) is 11.5. The number of carboxylic acid groups (broad SMARTS) is 1. The van der Waals surface area contributed by atoms with Crippen LogP contribution in [0.4, 0.5) is 4.39 Å². The molecule has 24 heavy (non-hydrogen) atoms. The fourth-order valence-corrected chi connectivity index (χ4v) is 2.66. The number of phenols is 1. The van der Waals surface area contributed by atoms with Crippen molar-refractivity contribution in [1.82, 2.24) is 4.57 Å². The molecule has 1 heterocycles. The van der Waals surface area contributed by atoms with E-state index in [1.165, 1.54) is 12.1 Å². The Morgan fingerprint density at radius 1 is 1.00 bits per heavy atom. The van der Waals surface area contributed by atoms with Crippen LogP contribution in [0.15, 0.2) is 60.7 Å². The molecule has 0 unspecified atom stereocenters. The first-order valence-corrected chi connectivity index (χ1v) is 7.50. The van der Waals surface area contributed by atoms with E-state index in [0.29, 0.717) is 6.42 Å². The van der Waals surface area contributed by atoms with E-state index in [1.807, 2.05) is 16.7 Å². The highest BCUT2D eigenvalue weighted by Crippen LogP contribution is 2.28. The van der Waals surface area contributed by atoms with E-state index in [9.17, 15) is 19.4 Å². The highest BCUT2D eigenvalue weighted by atomic mass is 19.1. The number of halogens is 1. The minimum atomic E-state index is -1.11. The van der Waals surface area contributed by atoms with E-state index in [-0.39, 0.29) is 18.0 Å². The van der Waals surface area contributed by atoms with Crippen molar-refractivity contribution in [3.05, 3.63) is 72.2 Å². The second-order valence-electron chi connectivity index (χ2n) is 5.44.